The minimum absolute atomic E-state index is 0.0548. The summed E-state index contributed by atoms with van der Waals surface area (Å²) in [7, 11) is 0. The van der Waals surface area contributed by atoms with Crippen molar-refractivity contribution in [2.24, 2.45) is 0 Å². The number of benzene rings is 1. The molecule has 0 amide bonds. The number of halogens is 1. The smallest absolute Gasteiger partial charge is 0.0940 e. The third-order valence-corrected chi connectivity index (χ3v) is 5.81. The molecule has 2 fully saturated rings. The molecule has 1 heterocycles. The maximum absolute atomic E-state index is 10.5. The molecular weight excluding hydrogens is 308 g/mol. The number of piperidine rings is 1. The SMILES string of the molecule is CC(NC1CCN(C2CCCC2)CC1)C(O)c1ccc(Cl)cc1. The van der Waals surface area contributed by atoms with Crippen LogP contribution in [0.15, 0.2) is 24.3 Å². The van der Waals surface area contributed by atoms with Gasteiger partial charge in [-0.1, -0.05) is 36.6 Å². The van der Waals surface area contributed by atoms with Gasteiger partial charge >= 0.3 is 0 Å². The van der Waals surface area contributed by atoms with Crippen LogP contribution in [0.1, 0.15) is 57.1 Å². The average Bonchev–Trinajstić information content (AvgIpc) is 3.10. The van der Waals surface area contributed by atoms with Crippen LogP contribution in [0.25, 0.3) is 0 Å². The molecule has 128 valence electrons. The van der Waals surface area contributed by atoms with Gasteiger partial charge in [0.2, 0.25) is 0 Å². The summed E-state index contributed by atoms with van der Waals surface area (Å²) in [5.74, 6) is 0. The zero-order chi connectivity index (χ0) is 16.2. The molecule has 3 nitrogen and oxygen atoms in total. The van der Waals surface area contributed by atoms with Crippen LogP contribution in [0.2, 0.25) is 5.02 Å². The second-order valence-corrected chi connectivity index (χ2v) is 7.64. The van der Waals surface area contributed by atoms with Gasteiger partial charge in [0.25, 0.3) is 0 Å². The second-order valence-electron chi connectivity index (χ2n) is 7.20. The molecule has 1 saturated carbocycles. The second kappa shape index (κ2) is 7.98. The van der Waals surface area contributed by atoms with Crippen LogP contribution in [0.4, 0.5) is 0 Å². The summed E-state index contributed by atoms with van der Waals surface area (Å²) in [5, 5.41) is 14.9. The molecule has 0 spiro atoms. The first-order chi connectivity index (χ1) is 11.1. The van der Waals surface area contributed by atoms with Crippen molar-refractivity contribution in [2.45, 2.75) is 69.7 Å². The molecule has 1 saturated heterocycles. The lowest BCUT2D eigenvalue weighted by Crippen LogP contribution is -2.49. The number of likely N-dealkylation sites (tertiary alicyclic amines) is 1. The van der Waals surface area contributed by atoms with Crippen molar-refractivity contribution in [2.75, 3.05) is 13.1 Å². The summed E-state index contributed by atoms with van der Waals surface area (Å²) in [6, 6.07) is 8.92. The molecule has 0 radical (unpaired) electrons. The lowest BCUT2D eigenvalue weighted by molar-refractivity contribution is 0.104. The van der Waals surface area contributed by atoms with E-state index in [4.69, 9.17) is 11.6 Å². The molecular formula is C19H29ClN2O. The standard InChI is InChI=1S/C19H29ClN2O/c1-14(19(23)15-6-8-16(20)9-7-15)21-17-10-12-22(13-11-17)18-4-2-3-5-18/h6-9,14,17-19,21,23H,2-5,10-13H2,1H3. The zero-order valence-electron chi connectivity index (χ0n) is 14.0. The maximum atomic E-state index is 10.5. The third kappa shape index (κ3) is 4.48. The number of aliphatic hydroxyl groups excluding tert-OH is 1. The van der Waals surface area contributed by atoms with Crippen LogP contribution in [0, 0.1) is 0 Å². The molecule has 2 unspecified atom stereocenters. The minimum Gasteiger partial charge on any atom is -0.387 e. The van der Waals surface area contributed by atoms with Gasteiger partial charge in [-0.2, -0.15) is 0 Å². The lowest BCUT2D eigenvalue weighted by Gasteiger charge is -2.37. The highest BCUT2D eigenvalue weighted by Crippen LogP contribution is 2.27. The average molecular weight is 337 g/mol. The van der Waals surface area contributed by atoms with E-state index in [1.165, 1.54) is 51.6 Å². The van der Waals surface area contributed by atoms with Crippen LogP contribution >= 0.6 is 11.6 Å². The summed E-state index contributed by atoms with van der Waals surface area (Å²) in [5.41, 5.74) is 0.929. The molecule has 2 atom stereocenters. The fourth-order valence-corrected chi connectivity index (χ4v) is 4.24. The van der Waals surface area contributed by atoms with E-state index in [-0.39, 0.29) is 6.04 Å². The normalized spacial score (nSPS) is 24.0. The minimum atomic E-state index is -0.486. The van der Waals surface area contributed by atoms with Crippen molar-refractivity contribution in [1.29, 1.82) is 0 Å². The number of hydrogen-bond donors (Lipinski definition) is 2. The molecule has 2 aliphatic rings. The van der Waals surface area contributed by atoms with Crippen molar-refractivity contribution in [3.05, 3.63) is 34.9 Å². The van der Waals surface area contributed by atoms with Gasteiger partial charge in [0, 0.05) is 23.1 Å². The van der Waals surface area contributed by atoms with Crippen molar-refractivity contribution < 1.29 is 5.11 Å². The molecule has 23 heavy (non-hydrogen) atoms. The Labute approximate surface area is 145 Å². The quantitative estimate of drug-likeness (QED) is 0.859. The zero-order valence-corrected chi connectivity index (χ0v) is 14.8. The Balaban J connectivity index is 1.46. The first-order valence-corrected chi connectivity index (χ1v) is 9.45. The summed E-state index contributed by atoms with van der Waals surface area (Å²) < 4.78 is 0. The Morgan fingerprint density at radius 2 is 1.70 bits per heavy atom. The summed E-state index contributed by atoms with van der Waals surface area (Å²) in [6.07, 6.45) is 7.50. The van der Waals surface area contributed by atoms with Crippen LogP contribution < -0.4 is 5.32 Å². The Morgan fingerprint density at radius 1 is 1.09 bits per heavy atom. The highest BCUT2D eigenvalue weighted by Gasteiger charge is 2.28. The summed E-state index contributed by atoms with van der Waals surface area (Å²) >= 11 is 5.92. The highest BCUT2D eigenvalue weighted by atomic mass is 35.5. The number of nitrogens with zero attached hydrogens (tertiary/aromatic N) is 1. The van der Waals surface area contributed by atoms with Gasteiger partial charge in [0.1, 0.15) is 0 Å². The molecule has 0 bridgehead atoms. The van der Waals surface area contributed by atoms with Crippen LogP contribution in [0.3, 0.4) is 0 Å². The Morgan fingerprint density at radius 3 is 2.30 bits per heavy atom. The number of aliphatic hydroxyl groups is 1. The van der Waals surface area contributed by atoms with Crippen molar-refractivity contribution in [1.82, 2.24) is 10.2 Å². The van der Waals surface area contributed by atoms with Crippen molar-refractivity contribution in [3.63, 3.8) is 0 Å². The summed E-state index contributed by atoms with van der Waals surface area (Å²) in [4.78, 5) is 2.69. The largest absolute Gasteiger partial charge is 0.387 e. The summed E-state index contributed by atoms with van der Waals surface area (Å²) in [6.45, 7) is 4.47. The molecule has 0 aromatic heterocycles. The molecule has 1 aliphatic heterocycles. The van der Waals surface area contributed by atoms with Crippen molar-refractivity contribution in [3.8, 4) is 0 Å². The van der Waals surface area contributed by atoms with Crippen LogP contribution in [-0.4, -0.2) is 41.2 Å². The van der Waals surface area contributed by atoms with Crippen LogP contribution in [-0.2, 0) is 0 Å². The fourth-order valence-electron chi connectivity index (χ4n) is 4.11. The topological polar surface area (TPSA) is 35.5 Å². The predicted octanol–water partition coefficient (Wildman–Crippen LogP) is 3.76. The van der Waals surface area contributed by atoms with Gasteiger partial charge in [-0.15, -0.1) is 0 Å². The van der Waals surface area contributed by atoms with Crippen molar-refractivity contribution >= 4 is 11.6 Å². The van der Waals surface area contributed by atoms with Gasteiger partial charge in [-0.25, -0.2) is 0 Å². The van der Waals surface area contributed by atoms with Gasteiger partial charge < -0.3 is 15.3 Å². The molecule has 2 N–H and O–H groups in total. The molecule has 1 aliphatic carbocycles. The van der Waals surface area contributed by atoms with E-state index in [2.05, 4.69) is 17.1 Å². The molecule has 3 rings (SSSR count). The Bertz CT molecular complexity index is 479. The van der Waals surface area contributed by atoms with Gasteiger partial charge in [-0.3, -0.25) is 0 Å². The Kier molecular flexibility index (Phi) is 5.97. The van der Waals surface area contributed by atoms with Gasteiger partial charge in [0.15, 0.2) is 0 Å². The highest BCUT2D eigenvalue weighted by molar-refractivity contribution is 6.30. The molecule has 1 aromatic carbocycles. The van der Waals surface area contributed by atoms with Gasteiger partial charge in [-0.05, 0) is 63.4 Å². The number of rotatable bonds is 5. The first kappa shape index (κ1) is 17.2. The lowest BCUT2D eigenvalue weighted by atomic mass is 9.98. The van der Waals surface area contributed by atoms with Gasteiger partial charge in [0.05, 0.1) is 6.10 Å². The molecule has 4 heteroatoms. The monoisotopic (exact) mass is 336 g/mol. The van der Waals surface area contributed by atoms with E-state index in [0.29, 0.717) is 11.1 Å². The number of nitrogens with one attached hydrogen (secondary N) is 1. The van der Waals surface area contributed by atoms with E-state index >= 15 is 0 Å². The van der Waals surface area contributed by atoms with E-state index in [1.54, 1.807) is 0 Å². The first-order valence-electron chi connectivity index (χ1n) is 9.07. The molecule has 1 aromatic rings. The maximum Gasteiger partial charge on any atom is 0.0940 e. The van der Waals surface area contributed by atoms with E-state index in [9.17, 15) is 5.11 Å². The van der Waals surface area contributed by atoms with E-state index in [0.717, 1.165) is 11.6 Å². The third-order valence-electron chi connectivity index (χ3n) is 5.55. The fraction of sp³-hybridized carbons (Fsp3) is 0.684. The predicted molar refractivity (Wildman–Crippen MR) is 95.9 cm³/mol. The van der Waals surface area contributed by atoms with Crippen LogP contribution in [0.5, 0.6) is 0 Å². The number of hydrogen-bond acceptors (Lipinski definition) is 3. The Hall–Kier alpha value is -0.610. The van der Waals surface area contributed by atoms with E-state index in [1.807, 2.05) is 24.3 Å². The van der Waals surface area contributed by atoms with E-state index < -0.39 is 6.10 Å².